The Bertz CT molecular complexity index is 1190. The number of aromatic nitrogens is 1. The van der Waals surface area contributed by atoms with Crippen LogP contribution in [0.25, 0.3) is 11.3 Å². The van der Waals surface area contributed by atoms with Gasteiger partial charge >= 0.3 is 0 Å². The van der Waals surface area contributed by atoms with Crippen LogP contribution in [0.15, 0.2) is 59.6 Å². The summed E-state index contributed by atoms with van der Waals surface area (Å²) in [4.78, 5) is 28.3. The number of rotatable bonds is 8. The summed E-state index contributed by atoms with van der Waals surface area (Å²) in [5.41, 5.74) is 3.00. The molecule has 0 radical (unpaired) electrons. The molecule has 0 saturated carbocycles. The molecule has 32 heavy (non-hydrogen) atoms. The van der Waals surface area contributed by atoms with Gasteiger partial charge in [0, 0.05) is 16.8 Å². The zero-order valence-electron chi connectivity index (χ0n) is 17.8. The Kier molecular flexibility index (Phi) is 7.47. The maximum absolute atomic E-state index is 12.4. The number of carbonyl (C=O) groups excluding carboxylic acids is 2. The first kappa shape index (κ1) is 22.8. The van der Waals surface area contributed by atoms with Crippen molar-refractivity contribution in [2.75, 3.05) is 25.3 Å². The van der Waals surface area contributed by atoms with Crippen LogP contribution in [0, 0.1) is 11.3 Å². The van der Waals surface area contributed by atoms with Gasteiger partial charge in [-0.05, 0) is 61.5 Å². The first-order chi connectivity index (χ1) is 15.4. The van der Waals surface area contributed by atoms with Crippen LogP contribution in [0.5, 0.6) is 11.5 Å². The normalized spacial score (nSPS) is 10.2. The van der Waals surface area contributed by atoms with Crippen LogP contribution < -0.4 is 14.8 Å². The van der Waals surface area contributed by atoms with Crippen molar-refractivity contribution in [2.24, 2.45) is 0 Å². The molecule has 0 aliphatic heterocycles. The molecule has 0 fully saturated rings. The molecule has 1 N–H and O–H groups in total. The van der Waals surface area contributed by atoms with Gasteiger partial charge in [0.05, 0.1) is 31.2 Å². The molecule has 1 heterocycles. The Morgan fingerprint density at radius 2 is 1.75 bits per heavy atom. The standard InChI is InChI=1S/C24H21N3O4S/c1-15(28)16-4-8-19(9-5-16)26-23(29)14-32-24-18(13-25)6-10-20(27-24)17-7-11-21(30-2)22(12-17)31-3/h4-12H,14H2,1-3H3,(H,26,29). The number of ether oxygens (including phenoxy) is 2. The Labute approximate surface area is 190 Å². The molecule has 0 aliphatic rings. The van der Waals surface area contributed by atoms with Crippen molar-refractivity contribution in [2.45, 2.75) is 11.9 Å². The molecule has 3 aromatic rings. The summed E-state index contributed by atoms with van der Waals surface area (Å²) < 4.78 is 10.6. The Morgan fingerprint density at radius 1 is 1.03 bits per heavy atom. The van der Waals surface area contributed by atoms with Crippen molar-refractivity contribution in [3.8, 4) is 28.8 Å². The molecular weight excluding hydrogens is 426 g/mol. The van der Waals surface area contributed by atoms with Crippen molar-refractivity contribution >= 4 is 29.1 Å². The molecule has 0 saturated heterocycles. The molecule has 8 heteroatoms. The second kappa shape index (κ2) is 10.5. The van der Waals surface area contributed by atoms with Crippen LogP contribution in [0.1, 0.15) is 22.8 Å². The summed E-state index contributed by atoms with van der Waals surface area (Å²) in [6.07, 6.45) is 0. The van der Waals surface area contributed by atoms with Gasteiger partial charge in [0.2, 0.25) is 5.91 Å². The molecule has 0 aliphatic carbocycles. The molecule has 3 rings (SSSR count). The quantitative estimate of drug-likeness (QED) is 0.399. The Balaban J connectivity index is 1.74. The SMILES string of the molecule is COc1ccc(-c2ccc(C#N)c(SCC(=O)Nc3ccc(C(C)=O)cc3)n2)cc1OC. The van der Waals surface area contributed by atoms with Gasteiger partial charge in [-0.25, -0.2) is 4.98 Å². The summed E-state index contributed by atoms with van der Waals surface area (Å²) in [5, 5.41) is 12.7. The predicted octanol–water partition coefficient (Wildman–Crippen LogP) is 4.57. The third-order valence-electron chi connectivity index (χ3n) is 4.58. The molecule has 0 bridgehead atoms. The molecule has 7 nitrogen and oxygen atoms in total. The average Bonchev–Trinajstić information content (AvgIpc) is 2.82. The van der Waals surface area contributed by atoms with E-state index in [1.54, 1.807) is 62.8 Å². The number of Topliss-reactive ketones (excluding diaryl/α,β-unsaturated/α-hetero) is 1. The minimum atomic E-state index is -0.243. The van der Waals surface area contributed by atoms with Crippen molar-refractivity contribution in [3.63, 3.8) is 0 Å². The maximum atomic E-state index is 12.4. The van der Waals surface area contributed by atoms with Crippen molar-refractivity contribution < 1.29 is 19.1 Å². The van der Waals surface area contributed by atoms with Gasteiger partial charge < -0.3 is 14.8 Å². The Hall–Kier alpha value is -3.83. The van der Waals surface area contributed by atoms with Crippen molar-refractivity contribution in [3.05, 3.63) is 65.7 Å². The highest BCUT2D eigenvalue weighted by Crippen LogP contribution is 2.33. The highest BCUT2D eigenvalue weighted by Gasteiger charge is 2.13. The summed E-state index contributed by atoms with van der Waals surface area (Å²) in [5.74, 6) is 0.967. The lowest BCUT2D eigenvalue weighted by atomic mass is 10.1. The second-order valence-corrected chi connectivity index (χ2v) is 7.67. The monoisotopic (exact) mass is 447 g/mol. The maximum Gasteiger partial charge on any atom is 0.234 e. The molecule has 2 aromatic carbocycles. The van der Waals surface area contributed by atoms with Crippen molar-refractivity contribution in [1.29, 1.82) is 5.26 Å². The number of amides is 1. The Morgan fingerprint density at radius 3 is 2.38 bits per heavy atom. The number of ketones is 1. The number of hydrogen-bond donors (Lipinski definition) is 1. The van der Waals surface area contributed by atoms with Gasteiger partial charge in [-0.3, -0.25) is 9.59 Å². The van der Waals surface area contributed by atoms with Crippen LogP contribution in [-0.4, -0.2) is 36.6 Å². The fourth-order valence-corrected chi connectivity index (χ4v) is 3.68. The largest absolute Gasteiger partial charge is 0.493 e. The first-order valence-corrected chi connectivity index (χ1v) is 10.6. The zero-order valence-corrected chi connectivity index (χ0v) is 18.7. The number of thioether (sulfide) groups is 1. The molecule has 162 valence electrons. The number of pyridine rings is 1. The summed E-state index contributed by atoms with van der Waals surface area (Å²) >= 11 is 1.18. The van der Waals surface area contributed by atoms with E-state index in [1.165, 1.54) is 18.7 Å². The second-order valence-electron chi connectivity index (χ2n) is 6.70. The van der Waals surface area contributed by atoms with E-state index in [0.717, 1.165) is 5.56 Å². The van der Waals surface area contributed by atoms with Gasteiger partial charge in [0.1, 0.15) is 11.1 Å². The summed E-state index contributed by atoms with van der Waals surface area (Å²) in [6, 6.07) is 17.7. The number of nitrogens with zero attached hydrogens (tertiary/aromatic N) is 2. The predicted molar refractivity (Wildman–Crippen MR) is 123 cm³/mol. The number of hydrogen-bond acceptors (Lipinski definition) is 7. The lowest BCUT2D eigenvalue weighted by Gasteiger charge is -2.11. The lowest BCUT2D eigenvalue weighted by Crippen LogP contribution is -2.14. The topological polar surface area (TPSA) is 101 Å². The van der Waals surface area contributed by atoms with Crippen LogP contribution in [0.3, 0.4) is 0 Å². The van der Waals surface area contributed by atoms with Gasteiger partial charge in [-0.1, -0.05) is 11.8 Å². The number of nitrogens with one attached hydrogen (secondary N) is 1. The van der Waals surface area contributed by atoms with Crippen LogP contribution in [0.4, 0.5) is 5.69 Å². The van der Waals surface area contributed by atoms with E-state index < -0.39 is 0 Å². The van der Waals surface area contributed by atoms with E-state index >= 15 is 0 Å². The van der Waals surface area contributed by atoms with Gasteiger partial charge in [-0.2, -0.15) is 5.26 Å². The van der Waals surface area contributed by atoms with Gasteiger partial charge in [-0.15, -0.1) is 0 Å². The first-order valence-electron chi connectivity index (χ1n) is 9.62. The molecule has 1 aromatic heterocycles. The smallest absolute Gasteiger partial charge is 0.234 e. The summed E-state index contributed by atoms with van der Waals surface area (Å²) in [7, 11) is 3.12. The van der Waals surface area contributed by atoms with E-state index in [4.69, 9.17) is 9.47 Å². The van der Waals surface area contributed by atoms with Crippen molar-refractivity contribution in [1.82, 2.24) is 4.98 Å². The summed E-state index contributed by atoms with van der Waals surface area (Å²) in [6.45, 7) is 1.49. The third-order valence-corrected chi connectivity index (χ3v) is 5.57. The van der Waals surface area contributed by atoms with Crippen LogP contribution >= 0.6 is 11.8 Å². The van der Waals surface area contributed by atoms with E-state index in [1.807, 2.05) is 6.07 Å². The van der Waals surface area contributed by atoms with E-state index in [-0.39, 0.29) is 17.4 Å². The minimum Gasteiger partial charge on any atom is -0.493 e. The highest BCUT2D eigenvalue weighted by atomic mass is 32.2. The fraction of sp³-hybridized carbons (Fsp3) is 0.167. The molecule has 1 amide bonds. The zero-order chi connectivity index (χ0) is 23.1. The van der Waals surface area contributed by atoms with Gasteiger partial charge in [0.15, 0.2) is 17.3 Å². The molecule has 0 atom stereocenters. The number of methoxy groups -OCH3 is 2. The third kappa shape index (κ3) is 5.45. The number of anilines is 1. The van der Waals surface area contributed by atoms with E-state index in [2.05, 4.69) is 16.4 Å². The van der Waals surface area contributed by atoms with E-state index in [0.29, 0.717) is 39.0 Å². The molecular formula is C24H21N3O4S. The van der Waals surface area contributed by atoms with Gasteiger partial charge in [0.25, 0.3) is 0 Å². The molecule has 0 spiro atoms. The molecule has 0 unspecified atom stereocenters. The number of carbonyl (C=O) groups is 2. The number of nitriles is 1. The van der Waals surface area contributed by atoms with E-state index in [9.17, 15) is 14.9 Å². The lowest BCUT2D eigenvalue weighted by molar-refractivity contribution is -0.113. The average molecular weight is 448 g/mol. The number of benzene rings is 2. The van der Waals surface area contributed by atoms with Crippen LogP contribution in [-0.2, 0) is 4.79 Å². The minimum absolute atomic E-state index is 0.0390. The highest BCUT2D eigenvalue weighted by molar-refractivity contribution is 8.00. The van der Waals surface area contributed by atoms with Crippen LogP contribution in [0.2, 0.25) is 0 Å². The fourth-order valence-electron chi connectivity index (χ4n) is 2.91.